The largest absolute Gasteiger partial charge is 0.349 e. The zero-order valence-electron chi connectivity index (χ0n) is 12.4. The fourth-order valence-corrected chi connectivity index (χ4v) is 3.72. The third-order valence-corrected chi connectivity index (χ3v) is 5.16. The molecule has 124 valence electrons. The zero-order chi connectivity index (χ0) is 15.7. The molecule has 1 aromatic carbocycles. The monoisotopic (exact) mass is 355 g/mol. The molecule has 3 rings (SSSR count). The summed E-state index contributed by atoms with van der Waals surface area (Å²) in [7, 11) is 0. The summed E-state index contributed by atoms with van der Waals surface area (Å²) in [5, 5.41) is 14.6. The first-order chi connectivity index (χ1) is 10.5. The average molecular weight is 356 g/mol. The molecule has 0 spiro atoms. The quantitative estimate of drug-likeness (QED) is 0.652. The molecule has 0 bridgehead atoms. The van der Waals surface area contributed by atoms with E-state index in [0.29, 0.717) is 4.88 Å². The normalized spacial score (nSPS) is 20.7. The van der Waals surface area contributed by atoms with E-state index in [0.717, 1.165) is 35.8 Å². The Labute approximate surface area is 143 Å². The number of nitrogens with zero attached hydrogens (tertiary/aromatic N) is 1. The van der Waals surface area contributed by atoms with Crippen LogP contribution in [0, 0.1) is 10.1 Å². The average Bonchev–Trinajstić information content (AvgIpc) is 2.92. The summed E-state index contributed by atoms with van der Waals surface area (Å²) in [6.45, 7) is 0. The van der Waals surface area contributed by atoms with E-state index in [4.69, 9.17) is 5.73 Å². The number of fused-ring (bicyclic) bond motifs is 1. The van der Waals surface area contributed by atoms with Crippen molar-refractivity contribution in [2.75, 3.05) is 0 Å². The lowest BCUT2D eigenvalue weighted by Crippen LogP contribution is -2.40. The summed E-state index contributed by atoms with van der Waals surface area (Å²) in [5.74, 6) is -0.107. The van der Waals surface area contributed by atoms with E-state index < -0.39 is 4.92 Å². The Balaban J connectivity index is 0.00000192. The Morgan fingerprint density at radius 2 is 1.96 bits per heavy atom. The molecular formula is C15H18ClN3O3S. The van der Waals surface area contributed by atoms with Gasteiger partial charge in [-0.25, -0.2) is 0 Å². The number of thiophene rings is 1. The maximum absolute atomic E-state index is 12.3. The third kappa shape index (κ3) is 3.99. The van der Waals surface area contributed by atoms with Gasteiger partial charge in [0, 0.05) is 34.3 Å². The van der Waals surface area contributed by atoms with Gasteiger partial charge < -0.3 is 11.1 Å². The highest BCUT2D eigenvalue weighted by Gasteiger charge is 2.21. The molecule has 0 saturated heterocycles. The van der Waals surface area contributed by atoms with Gasteiger partial charge in [0.15, 0.2) is 0 Å². The molecule has 0 aliphatic heterocycles. The van der Waals surface area contributed by atoms with Gasteiger partial charge in [0.05, 0.1) is 9.80 Å². The number of carbonyl (C=O) groups is 1. The predicted octanol–water partition coefficient (Wildman–Crippen LogP) is 3.23. The van der Waals surface area contributed by atoms with E-state index in [1.807, 2.05) is 0 Å². The molecule has 8 heteroatoms. The summed E-state index contributed by atoms with van der Waals surface area (Å²) < 4.78 is 0.876. The minimum Gasteiger partial charge on any atom is -0.349 e. The van der Waals surface area contributed by atoms with Crippen molar-refractivity contribution in [3.63, 3.8) is 0 Å². The Morgan fingerprint density at radius 3 is 2.61 bits per heavy atom. The van der Waals surface area contributed by atoms with Crippen LogP contribution >= 0.6 is 23.7 Å². The molecule has 6 nitrogen and oxygen atoms in total. The first-order valence-electron chi connectivity index (χ1n) is 7.27. The number of hydrogen-bond donors (Lipinski definition) is 2. The Morgan fingerprint density at radius 1 is 1.26 bits per heavy atom. The van der Waals surface area contributed by atoms with Gasteiger partial charge in [0.2, 0.25) is 0 Å². The standard InChI is InChI=1S/C15H17N3O3S.ClH/c16-10-1-3-11(4-2-10)17-15(19)14-8-9-7-12(18(20)21)5-6-13(9)22-14;/h5-8,10-11H,1-4,16H2,(H,17,19);1H. The Kier molecular flexibility index (Phi) is 5.56. The van der Waals surface area contributed by atoms with Crippen LogP contribution in [-0.2, 0) is 0 Å². The molecule has 1 heterocycles. The van der Waals surface area contributed by atoms with Gasteiger partial charge >= 0.3 is 0 Å². The molecule has 0 unspecified atom stereocenters. The van der Waals surface area contributed by atoms with Crippen molar-refractivity contribution in [3.8, 4) is 0 Å². The van der Waals surface area contributed by atoms with E-state index >= 15 is 0 Å². The van der Waals surface area contributed by atoms with Crippen molar-refractivity contribution in [2.24, 2.45) is 5.73 Å². The summed E-state index contributed by atoms with van der Waals surface area (Å²) in [5.41, 5.74) is 5.90. The van der Waals surface area contributed by atoms with Crippen LogP contribution in [0.2, 0.25) is 0 Å². The minimum absolute atomic E-state index is 0. The van der Waals surface area contributed by atoms with Crippen LogP contribution in [0.3, 0.4) is 0 Å². The first-order valence-corrected chi connectivity index (χ1v) is 8.09. The maximum atomic E-state index is 12.3. The molecule has 0 radical (unpaired) electrons. The second-order valence-electron chi connectivity index (χ2n) is 5.68. The molecule has 1 aromatic heterocycles. The van der Waals surface area contributed by atoms with E-state index in [-0.39, 0.29) is 36.1 Å². The van der Waals surface area contributed by atoms with Gasteiger partial charge in [-0.1, -0.05) is 0 Å². The number of carbonyl (C=O) groups excluding carboxylic acids is 1. The van der Waals surface area contributed by atoms with Gasteiger partial charge in [-0.2, -0.15) is 0 Å². The van der Waals surface area contributed by atoms with E-state index in [9.17, 15) is 14.9 Å². The number of benzene rings is 1. The van der Waals surface area contributed by atoms with Crippen molar-refractivity contribution < 1.29 is 9.72 Å². The van der Waals surface area contributed by atoms with Crippen LogP contribution in [0.1, 0.15) is 35.4 Å². The highest BCUT2D eigenvalue weighted by molar-refractivity contribution is 7.20. The second-order valence-corrected chi connectivity index (χ2v) is 6.76. The smallest absolute Gasteiger partial charge is 0.270 e. The van der Waals surface area contributed by atoms with Crippen molar-refractivity contribution in [1.82, 2.24) is 5.32 Å². The van der Waals surface area contributed by atoms with Crippen molar-refractivity contribution in [2.45, 2.75) is 37.8 Å². The third-order valence-electron chi connectivity index (χ3n) is 4.04. The van der Waals surface area contributed by atoms with Crippen LogP contribution in [0.4, 0.5) is 5.69 Å². The summed E-state index contributed by atoms with van der Waals surface area (Å²) in [6.07, 6.45) is 3.68. The highest BCUT2D eigenvalue weighted by atomic mass is 35.5. The minimum atomic E-state index is -0.428. The number of nitro benzene ring substituents is 1. The number of non-ortho nitro benzene ring substituents is 1. The van der Waals surface area contributed by atoms with E-state index in [1.54, 1.807) is 12.1 Å². The molecule has 1 amide bonds. The van der Waals surface area contributed by atoms with Gasteiger partial charge in [0.1, 0.15) is 0 Å². The lowest BCUT2D eigenvalue weighted by molar-refractivity contribution is -0.384. The number of nitro groups is 1. The molecule has 3 N–H and O–H groups in total. The van der Waals surface area contributed by atoms with Gasteiger partial charge in [-0.05, 0) is 37.8 Å². The van der Waals surface area contributed by atoms with Crippen molar-refractivity contribution in [3.05, 3.63) is 39.3 Å². The fourth-order valence-electron chi connectivity index (χ4n) is 2.78. The Bertz CT molecular complexity index is 726. The molecule has 1 aliphatic rings. The number of rotatable bonds is 3. The van der Waals surface area contributed by atoms with Gasteiger partial charge in [0.25, 0.3) is 11.6 Å². The molecule has 1 aliphatic carbocycles. The SMILES string of the molecule is Cl.NC1CCC(NC(=O)c2cc3cc([N+](=O)[O-])ccc3s2)CC1. The number of nitrogens with one attached hydrogen (secondary N) is 1. The second kappa shape index (κ2) is 7.25. The lowest BCUT2D eigenvalue weighted by Gasteiger charge is -2.26. The number of hydrogen-bond acceptors (Lipinski definition) is 5. The topological polar surface area (TPSA) is 98.3 Å². The molecule has 1 fully saturated rings. The lowest BCUT2D eigenvalue weighted by atomic mass is 9.92. The summed E-state index contributed by atoms with van der Waals surface area (Å²) >= 11 is 1.36. The molecule has 23 heavy (non-hydrogen) atoms. The van der Waals surface area contributed by atoms with E-state index in [1.165, 1.54) is 23.5 Å². The molecular weight excluding hydrogens is 338 g/mol. The number of halogens is 1. The predicted molar refractivity (Wildman–Crippen MR) is 93.4 cm³/mol. The molecule has 2 aromatic rings. The fraction of sp³-hybridized carbons (Fsp3) is 0.400. The number of nitrogens with two attached hydrogens (primary N) is 1. The van der Waals surface area contributed by atoms with Crippen LogP contribution in [0.15, 0.2) is 24.3 Å². The zero-order valence-corrected chi connectivity index (χ0v) is 14.0. The van der Waals surface area contributed by atoms with Crippen LogP contribution in [-0.4, -0.2) is 22.9 Å². The summed E-state index contributed by atoms with van der Waals surface area (Å²) in [6, 6.07) is 6.79. The molecule has 1 saturated carbocycles. The number of amides is 1. The summed E-state index contributed by atoms with van der Waals surface area (Å²) in [4.78, 5) is 23.3. The van der Waals surface area contributed by atoms with Gasteiger partial charge in [-0.3, -0.25) is 14.9 Å². The van der Waals surface area contributed by atoms with Crippen molar-refractivity contribution >= 4 is 45.4 Å². The van der Waals surface area contributed by atoms with E-state index in [2.05, 4.69) is 5.32 Å². The van der Waals surface area contributed by atoms with Crippen LogP contribution in [0.5, 0.6) is 0 Å². The maximum Gasteiger partial charge on any atom is 0.270 e. The van der Waals surface area contributed by atoms with Crippen LogP contribution in [0.25, 0.3) is 10.1 Å². The van der Waals surface area contributed by atoms with Gasteiger partial charge in [-0.15, -0.1) is 23.7 Å². The Hall–Kier alpha value is -1.70. The van der Waals surface area contributed by atoms with Crippen LogP contribution < -0.4 is 11.1 Å². The van der Waals surface area contributed by atoms with Crippen molar-refractivity contribution in [1.29, 1.82) is 0 Å². The highest BCUT2D eigenvalue weighted by Crippen LogP contribution is 2.29. The first kappa shape index (κ1) is 17.7. The molecule has 0 atom stereocenters.